The van der Waals surface area contributed by atoms with E-state index in [9.17, 15) is 9.18 Å². The first-order chi connectivity index (χ1) is 11.2. The van der Waals surface area contributed by atoms with E-state index in [2.05, 4.69) is 0 Å². The molecule has 1 fully saturated rings. The molecule has 23 heavy (non-hydrogen) atoms. The van der Waals surface area contributed by atoms with Gasteiger partial charge in [-0.05, 0) is 19.1 Å². The van der Waals surface area contributed by atoms with Crippen molar-refractivity contribution < 1.29 is 13.9 Å². The van der Waals surface area contributed by atoms with Crippen molar-refractivity contribution in [3.8, 4) is 5.75 Å². The van der Waals surface area contributed by atoms with E-state index in [4.69, 9.17) is 4.74 Å². The van der Waals surface area contributed by atoms with Gasteiger partial charge in [0.15, 0.2) is 0 Å². The smallest absolute Gasteiger partial charge is 0.234 e. The molecule has 1 aliphatic heterocycles. The van der Waals surface area contributed by atoms with E-state index in [-0.39, 0.29) is 23.6 Å². The van der Waals surface area contributed by atoms with Crippen LogP contribution >= 0.6 is 11.8 Å². The molecule has 5 heteroatoms. The zero-order chi connectivity index (χ0) is 16.2. The fraction of sp³-hybridized carbons (Fsp3) is 0.278. The standard InChI is InChI=1S/C18H18FNO2S/c1-2-22-16-10-6-4-8-14(16)18-20(17(21)12-23-18)11-13-7-3-5-9-15(13)19/h3-10,18H,2,11-12H2,1H3. The molecule has 0 saturated carbocycles. The van der Waals surface area contributed by atoms with Crippen LogP contribution in [0.5, 0.6) is 5.75 Å². The van der Waals surface area contributed by atoms with Crippen molar-refractivity contribution in [2.45, 2.75) is 18.8 Å². The third-order valence-corrected chi connectivity index (χ3v) is 4.99. The summed E-state index contributed by atoms with van der Waals surface area (Å²) < 4.78 is 19.6. The van der Waals surface area contributed by atoms with Gasteiger partial charge < -0.3 is 9.64 Å². The summed E-state index contributed by atoms with van der Waals surface area (Å²) in [5, 5.41) is -0.148. The Morgan fingerprint density at radius 1 is 1.22 bits per heavy atom. The highest BCUT2D eigenvalue weighted by molar-refractivity contribution is 8.00. The lowest BCUT2D eigenvalue weighted by Crippen LogP contribution is -2.28. The van der Waals surface area contributed by atoms with Crippen LogP contribution in [0.3, 0.4) is 0 Å². The molecule has 120 valence electrons. The minimum Gasteiger partial charge on any atom is -0.493 e. The molecule has 1 atom stereocenters. The van der Waals surface area contributed by atoms with E-state index in [1.807, 2.05) is 31.2 Å². The van der Waals surface area contributed by atoms with Gasteiger partial charge in [0.05, 0.1) is 12.4 Å². The average Bonchev–Trinajstić information content (AvgIpc) is 2.91. The highest BCUT2D eigenvalue weighted by Crippen LogP contribution is 2.43. The molecular formula is C18H18FNO2S. The number of ether oxygens (including phenoxy) is 1. The van der Waals surface area contributed by atoms with Gasteiger partial charge in [0.1, 0.15) is 16.9 Å². The second-order valence-electron chi connectivity index (χ2n) is 5.25. The monoisotopic (exact) mass is 331 g/mol. The van der Waals surface area contributed by atoms with Crippen molar-refractivity contribution in [2.24, 2.45) is 0 Å². The highest BCUT2D eigenvalue weighted by Gasteiger charge is 2.34. The first-order valence-corrected chi connectivity index (χ1v) is 8.61. The first kappa shape index (κ1) is 15.9. The Morgan fingerprint density at radius 2 is 1.96 bits per heavy atom. The molecule has 1 unspecified atom stereocenters. The summed E-state index contributed by atoms with van der Waals surface area (Å²) in [5.74, 6) is 0.920. The van der Waals surface area contributed by atoms with E-state index in [0.717, 1.165) is 11.3 Å². The van der Waals surface area contributed by atoms with Crippen molar-refractivity contribution >= 4 is 17.7 Å². The predicted molar refractivity (Wildman–Crippen MR) is 89.8 cm³/mol. The van der Waals surface area contributed by atoms with Gasteiger partial charge >= 0.3 is 0 Å². The molecule has 1 heterocycles. The number of para-hydroxylation sites is 1. The minimum absolute atomic E-state index is 0.0227. The molecule has 3 rings (SSSR count). The molecule has 0 bridgehead atoms. The summed E-state index contributed by atoms with van der Waals surface area (Å²) in [4.78, 5) is 14.0. The molecule has 2 aromatic carbocycles. The van der Waals surface area contributed by atoms with Gasteiger partial charge in [0.2, 0.25) is 5.91 Å². The van der Waals surface area contributed by atoms with Crippen LogP contribution in [0.2, 0.25) is 0 Å². The summed E-state index contributed by atoms with van der Waals surface area (Å²) in [7, 11) is 0. The third kappa shape index (κ3) is 3.34. The predicted octanol–water partition coefficient (Wildman–Crippen LogP) is 4.00. The van der Waals surface area contributed by atoms with Crippen LogP contribution in [0.25, 0.3) is 0 Å². The van der Waals surface area contributed by atoms with Gasteiger partial charge in [-0.1, -0.05) is 36.4 Å². The number of hydrogen-bond donors (Lipinski definition) is 0. The maximum atomic E-state index is 13.9. The topological polar surface area (TPSA) is 29.5 Å². The largest absolute Gasteiger partial charge is 0.493 e. The lowest BCUT2D eigenvalue weighted by atomic mass is 10.1. The van der Waals surface area contributed by atoms with Crippen LogP contribution in [-0.4, -0.2) is 23.2 Å². The van der Waals surface area contributed by atoms with Crippen molar-refractivity contribution in [3.05, 3.63) is 65.5 Å². The fourth-order valence-corrected chi connectivity index (χ4v) is 3.88. The number of amides is 1. The quantitative estimate of drug-likeness (QED) is 0.829. The van der Waals surface area contributed by atoms with E-state index >= 15 is 0 Å². The number of halogens is 1. The van der Waals surface area contributed by atoms with E-state index in [0.29, 0.717) is 17.9 Å². The molecule has 0 aromatic heterocycles. The summed E-state index contributed by atoms with van der Waals surface area (Å²) in [6.07, 6.45) is 0. The maximum Gasteiger partial charge on any atom is 0.234 e. The van der Waals surface area contributed by atoms with Crippen LogP contribution in [-0.2, 0) is 11.3 Å². The number of nitrogens with zero attached hydrogens (tertiary/aromatic N) is 1. The van der Waals surface area contributed by atoms with Gasteiger partial charge in [-0.15, -0.1) is 11.8 Å². The Morgan fingerprint density at radius 3 is 2.74 bits per heavy atom. The Labute approximate surface area is 139 Å². The Bertz CT molecular complexity index is 707. The number of rotatable bonds is 5. The Balaban J connectivity index is 1.90. The zero-order valence-electron chi connectivity index (χ0n) is 12.9. The van der Waals surface area contributed by atoms with Crippen LogP contribution in [0.15, 0.2) is 48.5 Å². The van der Waals surface area contributed by atoms with Gasteiger partial charge in [-0.2, -0.15) is 0 Å². The zero-order valence-corrected chi connectivity index (χ0v) is 13.7. The van der Waals surface area contributed by atoms with Crippen LogP contribution in [0.1, 0.15) is 23.4 Å². The number of carbonyl (C=O) groups is 1. The lowest BCUT2D eigenvalue weighted by Gasteiger charge is -2.26. The van der Waals surface area contributed by atoms with E-state index < -0.39 is 0 Å². The summed E-state index contributed by atoms with van der Waals surface area (Å²) in [6.45, 7) is 2.76. The molecule has 0 radical (unpaired) electrons. The maximum absolute atomic E-state index is 13.9. The minimum atomic E-state index is -0.283. The third-order valence-electron chi connectivity index (χ3n) is 3.75. The average molecular weight is 331 g/mol. The molecule has 0 N–H and O–H groups in total. The Hall–Kier alpha value is -2.01. The Kier molecular flexibility index (Phi) is 4.86. The molecule has 2 aromatic rings. The summed E-state index contributed by atoms with van der Waals surface area (Å²) in [5.41, 5.74) is 1.49. The SMILES string of the molecule is CCOc1ccccc1C1SCC(=O)N1Cc1ccccc1F. The van der Waals surface area contributed by atoms with Crippen molar-refractivity contribution in [3.63, 3.8) is 0 Å². The second kappa shape index (κ2) is 7.04. The highest BCUT2D eigenvalue weighted by atomic mass is 32.2. The van der Waals surface area contributed by atoms with Crippen LogP contribution < -0.4 is 4.74 Å². The molecule has 0 aliphatic carbocycles. The fourth-order valence-electron chi connectivity index (χ4n) is 2.66. The molecule has 3 nitrogen and oxygen atoms in total. The molecule has 1 saturated heterocycles. The summed E-state index contributed by atoms with van der Waals surface area (Å²) in [6, 6.07) is 14.3. The number of benzene rings is 2. The van der Waals surface area contributed by atoms with Gasteiger partial charge in [0.25, 0.3) is 0 Å². The van der Waals surface area contributed by atoms with Crippen LogP contribution in [0, 0.1) is 5.82 Å². The lowest BCUT2D eigenvalue weighted by molar-refractivity contribution is -0.128. The molecular weight excluding hydrogens is 313 g/mol. The number of hydrogen-bond acceptors (Lipinski definition) is 3. The van der Waals surface area contributed by atoms with Crippen molar-refractivity contribution in [1.29, 1.82) is 0 Å². The van der Waals surface area contributed by atoms with Gasteiger partial charge in [0, 0.05) is 17.7 Å². The first-order valence-electron chi connectivity index (χ1n) is 7.57. The number of carbonyl (C=O) groups excluding carboxylic acids is 1. The molecule has 1 amide bonds. The van der Waals surface area contributed by atoms with E-state index in [1.165, 1.54) is 6.07 Å². The van der Waals surface area contributed by atoms with Crippen molar-refractivity contribution in [2.75, 3.05) is 12.4 Å². The van der Waals surface area contributed by atoms with Crippen molar-refractivity contribution in [1.82, 2.24) is 4.90 Å². The van der Waals surface area contributed by atoms with Gasteiger partial charge in [-0.25, -0.2) is 4.39 Å². The van der Waals surface area contributed by atoms with E-state index in [1.54, 1.807) is 34.9 Å². The second-order valence-corrected chi connectivity index (χ2v) is 6.32. The van der Waals surface area contributed by atoms with Crippen LogP contribution in [0.4, 0.5) is 4.39 Å². The molecule has 1 aliphatic rings. The summed E-state index contributed by atoms with van der Waals surface area (Å²) >= 11 is 1.55. The normalized spacial score (nSPS) is 17.6. The molecule has 0 spiro atoms. The van der Waals surface area contributed by atoms with Gasteiger partial charge in [-0.3, -0.25) is 4.79 Å². The number of thioether (sulfide) groups is 1.